The third-order valence-electron chi connectivity index (χ3n) is 5.34. The number of hydrogen-bond donors (Lipinski definition) is 4. The van der Waals surface area contributed by atoms with Crippen LogP contribution in [0.1, 0.15) is 31.2 Å². The number of amidine groups is 1. The van der Waals surface area contributed by atoms with Crippen molar-refractivity contribution in [3.8, 4) is 5.75 Å². The molecule has 1 fully saturated rings. The lowest BCUT2D eigenvalue weighted by Crippen LogP contribution is -2.31. The van der Waals surface area contributed by atoms with Gasteiger partial charge in [-0.25, -0.2) is 0 Å². The van der Waals surface area contributed by atoms with Crippen LogP contribution in [0.4, 0.5) is 5.69 Å². The van der Waals surface area contributed by atoms with E-state index in [4.69, 9.17) is 0 Å². The molecular weight excluding hydrogens is 404 g/mol. The molecule has 3 aromatic rings. The van der Waals surface area contributed by atoms with Gasteiger partial charge in [0.25, 0.3) is 5.56 Å². The first-order valence-electron chi connectivity index (χ1n) is 9.64. The van der Waals surface area contributed by atoms with E-state index in [1.165, 1.54) is 4.68 Å². The van der Waals surface area contributed by atoms with E-state index in [1.54, 1.807) is 48.5 Å². The maximum absolute atomic E-state index is 13.4. The molecule has 1 aromatic heterocycles. The zero-order valence-electron chi connectivity index (χ0n) is 15.9. The third-order valence-corrected chi connectivity index (χ3v) is 6.73. The van der Waals surface area contributed by atoms with Gasteiger partial charge in [-0.15, -0.1) is 4.40 Å². The predicted molar refractivity (Wildman–Crippen MR) is 119 cm³/mol. The summed E-state index contributed by atoms with van der Waals surface area (Å²) in [6.45, 7) is 0. The van der Waals surface area contributed by atoms with E-state index >= 15 is 0 Å². The second-order valence-corrected chi connectivity index (χ2v) is 8.97. The first-order chi connectivity index (χ1) is 14.5. The van der Waals surface area contributed by atoms with Crippen LogP contribution in [0.15, 0.2) is 67.7 Å². The van der Waals surface area contributed by atoms with E-state index in [0.29, 0.717) is 16.6 Å². The zero-order chi connectivity index (χ0) is 20.9. The lowest BCUT2D eigenvalue weighted by atomic mass is 10.1. The molecule has 1 aliphatic heterocycles. The van der Waals surface area contributed by atoms with Gasteiger partial charge in [0, 0.05) is 11.1 Å². The van der Waals surface area contributed by atoms with Crippen molar-refractivity contribution in [2.45, 2.75) is 30.6 Å². The van der Waals surface area contributed by atoms with Crippen LogP contribution in [0.2, 0.25) is 0 Å². The number of hydrogen-bond acceptors (Lipinski definition) is 7. The van der Waals surface area contributed by atoms with Crippen LogP contribution >= 0.6 is 10.8 Å². The van der Waals surface area contributed by atoms with Crippen molar-refractivity contribution in [1.82, 2.24) is 4.68 Å². The van der Waals surface area contributed by atoms with Crippen molar-refractivity contribution in [1.29, 1.82) is 0 Å². The van der Waals surface area contributed by atoms with Gasteiger partial charge in [-0.2, -0.15) is 9.78 Å². The van der Waals surface area contributed by atoms with Crippen molar-refractivity contribution >= 4 is 38.9 Å². The second-order valence-electron chi connectivity index (χ2n) is 7.31. The summed E-state index contributed by atoms with van der Waals surface area (Å²) < 4.78 is 26.4. The highest BCUT2D eigenvalue weighted by Gasteiger charge is 2.30. The zero-order valence-corrected chi connectivity index (χ0v) is 16.8. The van der Waals surface area contributed by atoms with Gasteiger partial charge < -0.3 is 10.4 Å². The Morgan fingerprint density at radius 2 is 1.73 bits per heavy atom. The van der Waals surface area contributed by atoms with Crippen LogP contribution in [0.25, 0.3) is 10.9 Å². The number of nitrogens with zero attached hydrogens (tertiary/aromatic N) is 3. The van der Waals surface area contributed by atoms with Gasteiger partial charge in [-0.1, -0.05) is 35.0 Å². The quantitative estimate of drug-likeness (QED) is 0.487. The van der Waals surface area contributed by atoms with Crippen LogP contribution in [0, 0.1) is 0 Å². The summed E-state index contributed by atoms with van der Waals surface area (Å²) in [4.78, 5) is 13.7. The maximum atomic E-state index is 13.4. The molecule has 4 N–H and O–H groups in total. The van der Waals surface area contributed by atoms with Crippen molar-refractivity contribution in [2.75, 3.05) is 5.32 Å². The fourth-order valence-electron chi connectivity index (χ4n) is 3.89. The van der Waals surface area contributed by atoms with E-state index in [1.807, 2.05) is 0 Å². The van der Waals surface area contributed by atoms with Gasteiger partial charge in [0.15, 0.2) is 5.84 Å². The Balaban J connectivity index is 1.78. The summed E-state index contributed by atoms with van der Waals surface area (Å²) in [6.07, 6.45) is 3.71. The third kappa shape index (κ3) is 2.98. The summed E-state index contributed by atoms with van der Waals surface area (Å²) in [7, 11) is -3.53. The lowest BCUT2D eigenvalue weighted by molar-refractivity contribution is 0.478. The molecule has 0 amide bonds. The molecule has 0 saturated heterocycles. The largest absolute Gasteiger partial charge is 0.506 e. The molecule has 2 heterocycles. The van der Waals surface area contributed by atoms with E-state index in [2.05, 4.69) is 14.8 Å². The monoisotopic (exact) mass is 424 g/mol. The Kier molecular flexibility index (Phi) is 4.39. The first-order valence-corrected chi connectivity index (χ1v) is 11.1. The molecule has 1 aliphatic carbocycles. The van der Waals surface area contributed by atoms with Crippen molar-refractivity contribution in [3.05, 3.63) is 64.4 Å². The van der Waals surface area contributed by atoms with Crippen molar-refractivity contribution in [3.63, 3.8) is 0 Å². The van der Waals surface area contributed by atoms with Crippen LogP contribution in [0.3, 0.4) is 0 Å². The summed E-state index contributed by atoms with van der Waals surface area (Å²) in [5.41, 5.74) is 1.10. The van der Waals surface area contributed by atoms with Gasteiger partial charge in [0.2, 0.25) is 0 Å². The second kappa shape index (κ2) is 6.98. The SMILES string of the molecule is O=c1c(C2=NS(O)(O)c3ccccc3N2)c(O)c2ccccc2n1N=C1CCCC1. The molecule has 2 aromatic carbocycles. The Labute approximate surface area is 173 Å². The van der Waals surface area contributed by atoms with Gasteiger partial charge in [0.05, 0.1) is 11.2 Å². The molecule has 1 saturated carbocycles. The molecule has 154 valence electrons. The minimum atomic E-state index is -3.53. The summed E-state index contributed by atoms with van der Waals surface area (Å²) >= 11 is 0. The van der Waals surface area contributed by atoms with Crippen molar-refractivity contribution < 1.29 is 14.2 Å². The van der Waals surface area contributed by atoms with Crippen LogP contribution in [-0.4, -0.2) is 30.4 Å². The number of benzene rings is 2. The van der Waals surface area contributed by atoms with E-state index < -0.39 is 16.3 Å². The fraction of sp³-hybridized carbons (Fsp3) is 0.190. The van der Waals surface area contributed by atoms with E-state index in [-0.39, 0.29) is 22.0 Å². The number of fused-ring (bicyclic) bond motifs is 2. The van der Waals surface area contributed by atoms with Gasteiger partial charge >= 0.3 is 0 Å². The number of para-hydroxylation sites is 2. The minimum absolute atomic E-state index is 0.0951. The lowest BCUT2D eigenvalue weighted by Gasteiger charge is -2.34. The van der Waals surface area contributed by atoms with E-state index in [9.17, 15) is 19.0 Å². The minimum Gasteiger partial charge on any atom is -0.506 e. The highest BCUT2D eigenvalue weighted by Crippen LogP contribution is 2.55. The molecule has 5 rings (SSSR count). The Bertz CT molecular complexity index is 1290. The van der Waals surface area contributed by atoms with E-state index in [0.717, 1.165) is 31.4 Å². The Morgan fingerprint density at radius 1 is 1.03 bits per heavy atom. The van der Waals surface area contributed by atoms with Crippen LogP contribution in [-0.2, 0) is 0 Å². The fourth-order valence-corrected chi connectivity index (χ4v) is 5.06. The molecule has 9 heteroatoms. The summed E-state index contributed by atoms with van der Waals surface area (Å²) in [6, 6.07) is 13.6. The number of pyridine rings is 1. The average Bonchev–Trinajstić information content (AvgIpc) is 3.24. The average molecular weight is 424 g/mol. The molecule has 0 atom stereocenters. The molecule has 0 bridgehead atoms. The predicted octanol–water partition coefficient (Wildman–Crippen LogP) is 4.38. The van der Waals surface area contributed by atoms with Crippen LogP contribution < -0.4 is 10.9 Å². The number of aromatic hydroxyl groups is 1. The number of aromatic nitrogens is 1. The first kappa shape index (κ1) is 18.9. The molecule has 2 aliphatic rings. The number of anilines is 1. The molecule has 30 heavy (non-hydrogen) atoms. The Morgan fingerprint density at radius 3 is 2.53 bits per heavy atom. The summed E-state index contributed by atoms with van der Waals surface area (Å²) in [5, 5.41) is 18.9. The normalized spacial score (nSPS) is 18.5. The highest BCUT2D eigenvalue weighted by atomic mass is 32.3. The maximum Gasteiger partial charge on any atom is 0.286 e. The molecule has 8 nitrogen and oxygen atoms in total. The van der Waals surface area contributed by atoms with Crippen molar-refractivity contribution in [2.24, 2.45) is 9.50 Å². The topological polar surface area (TPSA) is 119 Å². The number of rotatable bonds is 2. The van der Waals surface area contributed by atoms with Crippen LogP contribution in [0.5, 0.6) is 5.75 Å². The summed E-state index contributed by atoms with van der Waals surface area (Å²) in [5.74, 6) is -0.373. The molecule has 0 spiro atoms. The highest BCUT2D eigenvalue weighted by molar-refractivity contribution is 8.23. The Hall–Kier alpha value is -3.14. The molecule has 0 unspecified atom stereocenters. The standard InChI is InChI=1S/C21H20N4O4S/c26-19-14-9-3-5-11-16(14)25(23-13-7-1-2-8-13)21(27)18(19)20-22-15-10-4-6-12-17(15)30(28,29)24-20/h3-6,9-12,26,28-29H,1-2,7-8H2,(H,22,24). The van der Waals surface area contributed by atoms with Gasteiger partial charge in [0.1, 0.15) is 16.2 Å². The number of nitrogens with one attached hydrogen (secondary N) is 1. The van der Waals surface area contributed by atoms with Gasteiger partial charge in [-0.05, 0) is 49.9 Å². The smallest absolute Gasteiger partial charge is 0.286 e. The molecular formula is C21H20N4O4S. The van der Waals surface area contributed by atoms with Gasteiger partial charge in [-0.3, -0.25) is 13.9 Å². The molecule has 0 radical (unpaired) electrons.